The summed E-state index contributed by atoms with van der Waals surface area (Å²) in [6.07, 6.45) is 3.21. The van der Waals surface area contributed by atoms with Crippen LogP contribution in [0, 0.1) is 0 Å². The average Bonchev–Trinajstić information content (AvgIpc) is 2.78. The van der Waals surface area contributed by atoms with E-state index in [-0.39, 0.29) is 11.9 Å². The third-order valence-electron chi connectivity index (χ3n) is 5.71. The number of aryl methyl sites for hydroxylation is 1. The molecule has 0 fully saturated rings. The predicted molar refractivity (Wildman–Crippen MR) is 119 cm³/mol. The topological polar surface area (TPSA) is 32.3 Å². The molecule has 0 radical (unpaired) electrons. The van der Waals surface area contributed by atoms with Crippen LogP contribution in [0.1, 0.15) is 52.9 Å². The van der Waals surface area contributed by atoms with E-state index in [0.29, 0.717) is 5.56 Å². The molecule has 1 heterocycles. The van der Waals surface area contributed by atoms with Crippen molar-refractivity contribution in [3.8, 4) is 0 Å². The Kier molecular flexibility index (Phi) is 5.95. The van der Waals surface area contributed by atoms with E-state index >= 15 is 0 Å². The maximum atomic E-state index is 12.7. The van der Waals surface area contributed by atoms with Gasteiger partial charge in [-0.1, -0.05) is 67.6 Å². The van der Waals surface area contributed by atoms with Gasteiger partial charge in [0, 0.05) is 24.3 Å². The number of nitrogens with zero attached hydrogens (tertiary/aromatic N) is 1. The van der Waals surface area contributed by atoms with E-state index in [1.807, 2.05) is 30.3 Å². The van der Waals surface area contributed by atoms with Crippen LogP contribution in [0.25, 0.3) is 0 Å². The molecule has 148 valence electrons. The molecule has 1 amide bonds. The van der Waals surface area contributed by atoms with E-state index in [2.05, 4.69) is 65.7 Å². The van der Waals surface area contributed by atoms with E-state index in [0.717, 1.165) is 31.5 Å². The Morgan fingerprint density at radius 2 is 1.69 bits per heavy atom. The number of benzene rings is 3. The van der Waals surface area contributed by atoms with Crippen molar-refractivity contribution in [1.29, 1.82) is 0 Å². The molecule has 3 heteroatoms. The molecule has 0 spiro atoms. The molecule has 0 saturated heterocycles. The maximum Gasteiger partial charge on any atom is 0.251 e. The quantitative estimate of drug-likeness (QED) is 0.607. The number of carbonyl (C=O) groups is 1. The molecule has 29 heavy (non-hydrogen) atoms. The summed E-state index contributed by atoms with van der Waals surface area (Å²) in [5.74, 6) is -0.0180. The zero-order valence-corrected chi connectivity index (χ0v) is 17.0. The second kappa shape index (κ2) is 8.95. The number of hydrogen-bond acceptors (Lipinski definition) is 2. The largest absolute Gasteiger partial charge is 0.367 e. The summed E-state index contributed by atoms with van der Waals surface area (Å²) in [7, 11) is 0. The lowest BCUT2D eigenvalue weighted by molar-refractivity contribution is 0.0935. The fourth-order valence-corrected chi connectivity index (χ4v) is 4.11. The number of amides is 1. The van der Waals surface area contributed by atoms with Crippen LogP contribution in [0.2, 0.25) is 0 Å². The van der Waals surface area contributed by atoms with Gasteiger partial charge in [-0.25, -0.2) is 0 Å². The molecule has 0 aromatic heterocycles. The summed E-state index contributed by atoms with van der Waals surface area (Å²) < 4.78 is 0. The number of hydrogen-bond donors (Lipinski definition) is 1. The Bertz CT molecular complexity index is 950. The van der Waals surface area contributed by atoms with E-state index in [1.165, 1.54) is 23.2 Å². The van der Waals surface area contributed by atoms with Crippen molar-refractivity contribution >= 4 is 11.6 Å². The van der Waals surface area contributed by atoms with Gasteiger partial charge >= 0.3 is 0 Å². The van der Waals surface area contributed by atoms with Crippen molar-refractivity contribution in [1.82, 2.24) is 5.32 Å². The number of fused-ring (bicyclic) bond motifs is 1. The fraction of sp³-hybridized carbons (Fsp3) is 0.269. The Balaban J connectivity index is 1.42. The van der Waals surface area contributed by atoms with Gasteiger partial charge in [0.1, 0.15) is 0 Å². The predicted octanol–water partition coefficient (Wildman–Crippen LogP) is 5.52. The molecule has 0 saturated carbocycles. The van der Waals surface area contributed by atoms with Gasteiger partial charge in [-0.2, -0.15) is 0 Å². The number of carbonyl (C=O) groups excluding carboxylic acids is 1. The second-order valence-corrected chi connectivity index (χ2v) is 7.70. The highest BCUT2D eigenvalue weighted by molar-refractivity contribution is 5.94. The molecule has 3 aromatic rings. The zero-order chi connectivity index (χ0) is 20.1. The Morgan fingerprint density at radius 1 is 0.966 bits per heavy atom. The van der Waals surface area contributed by atoms with E-state index in [4.69, 9.17) is 0 Å². The highest BCUT2D eigenvalue weighted by Crippen LogP contribution is 2.28. The van der Waals surface area contributed by atoms with Gasteiger partial charge < -0.3 is 10.2 Å². The molecule has 1 aliphatic rings. The number of anilines is 1. The summed E-state index contributed by atoms with van der Waals surface area (Å²) in [5.41, 5.74) is 5.86. The third-order valence-corrected chi connectivity index (χ3v) is 5.71. The van der Waals surface area contributed by atoms with Crippen molar-refractivity contribution < 1.29 is 4.79 Å². The van der Waals surface area contributed by atoms with Crippen LogP contribution in [-0.4, -0.2) is 12.5 Å². The Morgan fingerprint density at radius 3 is 2.45 bits per heavy atom. The van der Waals surface area contributed by atoms with Crippen molar-refractivity contribution in [3.05, 3.63) is 101 Å². The van der Waals surface area contributed by atoms with Crippen LogP contribution in [0.15, 0.2) is 78.9 Å². The Labute approximate surface area is 173 Å². The number of rotatable bonds is 6. The first-order chi connectivity index (χ1) is 14.2. The van der Waals surface area contributed by atoms with Crippen LogP contribution < -0.4 is 10.2 Å². The van der Waals surface area contributed by atoms with E-state index in [1.54, 1.807) is 0 Å². The van der Waals surface area contributed by atoms with Crippen LogP contribution in [-0.2, 0) is 13.0 Å². The lowest BCUT2D eigenvalue weighted by Crippen LogP contribution is -2.29. The van der Waals surface area contributed by atoms with Crippen molar-refractivity contribution in [3.63, 3.8) is 0 Å². The molecule has 3 aromatic carbocycles. The summed E-state index contributed by atoms with van der Waals surface area (Å²) in [6.45, 7) is 4.05. The highest BCUT2D eigenvalue weighted by Gasteiger charge is 2.17. The lowest BCUT2D eigenvalue weighted by Gasteiger charge is -2.31. The van der Waals surface area contributed by atoms with Crippen LogP contribution in [0.5, 0.6) is 0 Å². The molecule has 0 bridgehead atoms. The first-order valence-corrected chi connectivity index (χ1v) is 10.5. The minimum absolute atomic E-state index is 0.0180. The van der Waals surface area contributed by atoms with Gasteiger partial charge in [-0.05, 0) is 54.2 Å². The molecular formula is C26H28N2O. The van der Waals surface area contributed by atoms with Gasteiger partial charge in [-0.15, -0.1) is 0 Å². The van der Waals surface area contributed by atoms with Crippen molar-refractivity contribution in [2.45, 2.75) is 38.8 Å². The van der Waals surface area contributed by atoms with Crippen LogP contribution in [0.3, 0.4) is 0 Å². The fourth-order valence-electron chi connectivity index (χ4n) is 4.11. The first-order valence-electron chi connectivity index (χ1n) is 10.5. The maximum absolute atomic E-state index is 12.7. The summed E-state index contributed by atoms with van der Waals surface area (Å²) in [6, 6.07) is 26.9. The SMILES string of the molecule is CCC(NC(=O)c1ccc(CN2CCCc3ccccc32)cc1)c1ccccc1. The summed E-state index contributed by atoms with van der Waals surface area (Å²) >= 11 is 0. The zero-order valence-electron chi connectivity index (χ0n) is 17.0. The van der Waals surface area contributed by atoms with Crippen molar-refractivity contribution in [2.24, 2.45) is 0 Å². The van der Waals surface area contributed by atoms with E-state index < -0.39 is 0 Å². The minimum atomic E-state index is -0.0180. The second-order valence-electron chi connectivity index (χ2n) is 7.70. The molecule has 1 N–H and O–H groups in total. The van der Waals surface area contributed by atoms with Gasteiger partial charge in [0.25, 0.3) is 5.91 Å². The molecule has 3 nitrogen and oxygen atoms in total. The van der Waals surface area contributed by atoms with Gasteiger partial charge in [0.05, 0.1) is 6.04 Å². The van der Waals surface area contributed by atoms with Gasteiger partial charge in [0.2, 0.25) is 0 Å². The minimum Gasteiger partial charge on any atom is -0.367 e. The first kappa shape index (κ1) is 19.3. The molecule has 0 aliphatic carbocycles. The molecular weight excluding hydrogens is 356 g/mol. The Hall–Kier alpha value is -3.07. The molecule has 1 aliphatic heterocycles. The average molecular weight is 385 g/mol. The van der Waals surface area contributed by atoms with Gasteiger partial charge in [-0.3, -0.25) is 4.79 Å². The molecule has 1 unspecified atom stereocenters. The highest BCUT2D eigenvalue weighted by atomic mass is 16.1. The number of para-hydroxylation sites is 1. The lowest BCUT2D eigenvalue weighted by atomic mass is 10.0. The van der Waals surface area contributed by atoms with Crippen molar-refractivity contribution in [2.75, 3.05) is 11.4 Å². The summed E-state index contributed by atoms with van der Waals surface area (Å²) in [4.78, 5) is 15.2. The van der Waals surface area contributed by atoms with E-state index in [9.17, 15) is 4.79 Å². The van der Waals surface area contributed by atoms with Crippen LogP contribution >= 0.6 is 0 Å². The molecule has 1 atom stereocenters. The third kappa shape index (κ3) is 4.51. The smallest absolute Gasteiger partial charge is 0.251 e. The van der Waals surface area contributed by atoms with Crippen LogP contribution in [0.4, 0.5) is 5.69 Å². The normalized spacial score (nSPS) is 14.2. The number of nitrogens with one attached hydrogen (secondary N) is 1. The standard InChI is InChI=1S/C26H28N2O/c1-2-24(21-9-4-3-5-10-21)27-26(29)23-16-14-20(15-17-23)19-28-18-8-12-22-11-6-7-13-25(22)28/h3-7,9-11,13-17,24H,2,8,12,18-19H2,1H3,(H,27,29). The van der Waals surface area contributed by atoms with Gasteiger partial charge in [0.15, 0.2) is 0 Å². The monoisotopic (exact) mass is 384 g/mol. The molecule has 4 rings (SSSR count). The summed E-state index contributed by atoms with van der Waals surface area (Å²) in [5, 5.41) is 3.16.